The lowest BCUT2D eigenvalue weighted by molar-refractivity contribution is 1.31. The molecule has 0 amide bonds. The highest BCUT2D eigenvalue weighted by Crippen LogP contribution is 2.43. The van der Waals surface area contributed by atoms with Crippen molar-refractivity contribution in [2.75, 3.05) is 0 Å². The number of fused-ring (bicyclic) bond motifs is 8. The molecule has 0 unspecified atom stereocenters. The van der Waals surface area contributed by atoms with E-state index in [0.29, 0.717) is 0 Å². The number of hydrogen-bond donors (Lipinski definition) is 2. The van der Waals surface area contributed by atoms with Crippen molar-refractivity contribution in [3.05, 3.63) is 259 Å². The Morgan fingerprint density at radius 2 is 0.434 bits per heavy atom. The molecule has 13 rings (SSSR count). The number of aromatic nitrogens is 4. The fourth-order valence-electron chi connectivity index (χ4n) is 10.5. The highest BCUT2D eigenvalue weighted by atomic mass is 79.9. The van der Waals surface area contributed by atoms with Gasteiger partial charge >= 0.3 is 0 Å². The quantitative estimate of drug-likeness (QED) is 0.159. The Balaban J connectivity index is 1.17. The minimum Gasteiger partial charge on any atom is -0.354 e. The SMILES string of the molecule is Brc1cc(-c2ccccc2)cc(-c2c3nc(c(-c4cc(Br)cc(-c5ccccc5)c4)c4ccc([nH]4)c(-c4cc(Br)cc(-c5ccccc5)c4)c4nc(c(-c5cc(Br)cc(-c6ccccc6)c5)c5ccc2[nH]5)C=C4)C=C3)c1. The Morgan fingerprint density at radius 1 is 0.224 bits per heavy atom. The molecule has 0 spiro atoms. The van der Waals surface area contributed by atoms with Gasteiger partial charge in [-0.3, -0.25) is 0 Å². The second-order valence-electron chi connectivity index (χ2n) is 18.9. The Kier molecular flexibility index (Phi) is 12.9. The van der Waals surface area contributed by atoms with Crippen LogP contribution < -0.4 is 0 Å². The van der Waals surface area contributed by atoms with Gasteiger partial charge in [-0.2, -0.15) is 0 Å². The number of aromatic amines is 2. The van der Waals surface area contributed by atoms with Gasteiger partial charge in [-0.05, 0) is 188 Å². The van der Waals surface area contributed by atoms with E-state index in [2.05, 4.69) is 316 Å². The summed E-state index contributed by atoms with van der Waals surface area (Å²) in [5.41, 5.74) is 23.7. The van der Waals surface area contributed by atoms with Crippen molar-refractivity contribution in [1.29, 1.82) is 0 Å². The molecular weight excluding hydrogens is 1190 g/mol. The van der Waals surface area contributed by atoms with E-state index >= 15 is 0 Å². The van der Waals surface area contributed by atoms with E-state index in [9.17, 15) is 0 Å². The standard InChI is InChI=1S/C68H42Br4N4/c69-53-33-45(41-13-5-1-6-14-41)29-49(37-53)65-57-21-23-59(73-57)66(50-30-46(34-54(70)38-50)42-15-7-2-8-16-42)61-25-27-63(75-61)68(52-32-48(36-56(72)40-52)44-19-11-4-12-20-44)64-28-26-62(76-64)67(60-24-22-58(65)74-60)51-31-47(35-55(71)39-51)43-17-9-3-10-18-43/h1-40,73,76H. The molecule has 2 aliphatic heterocycles. The second kappa shape index (κ2) is 20.4. The molecule has 8 aromatic carbocycles. The topological polar surface area (TPSA) is 57.4 Å². The first kappa shape index (κ1) is 48.0. The number of H-pyrrole nitrogens is 2. The molecule has 2 N–H and O–H groups in total. The van der Waals surface area contributed by atoms with Crippen LogP contribution in [0.15, 0.2) is 236 Å². The summed E-state index contributed by atoms with van der Waals surface area (Å²) in [5.74, 6) is 0. The van der Waals surface area contributed by atoms with Crippen LogP contribution >= 0.6 is 63.7 Å². The molecule has 0 atom stereocenters. The van der Waals surface area contributed by atoms with Gasteiger partial charge in [0.1, 0.15) is 0 Å². The summed E-state index contributed by atoms with van der Waals surface area (Å²) in [7, 11) is 0. The Morgan fingerprint density at radius 3 is 0.658 bits per heavy atom. The summed E-state index contributed by atoms with van der Waals surface area (Å²) in [6.07, 6.45) is 8.64. The molecule has 76 heavy (non-hydrogen) atoms. The van der Waals surface area contributed by atoms with Crippen molar-refractivity contribution in [1.82, 2.24) is 19.9 Å². The van der Waals surface area contributed by atoms with E-state index in [1.807, 2.05) is 0 Å². The summed E-state index contributed by atoms with van der Waals surface area (Å²) in [6.45, 7) is 0. The van der Waals surface area contributed by atoms with Crippen LogP contribution in [0.3, 0.4) is 0 Å². The van der Waals surface area contributed by atoms with Gasteiger partial charge in [-0.25, -0.2) is 9.97 Å². The summed E-state index contributed by atoms with van der Waals surface area (Å²) >= 11 is 15.7. The lowest BCUT2D eigenvalue weighted by Gasteiger charge is -2.11. The Hall–Kier alpha value is -7.72. The van der Waals surface area contributed by atoms with Crippen LogP contribution in [0, 0.1) is 0 Å². The third kappa shape index (κ3) is 9.52. The van der Waals surface area contributed by atoms with E-state index in [-0.39, 0.29) is 0 Å². The highest BCUT2D eigenvalue weighted by Gasteiger charge is 2.21. The molecule has 3 aromatic heterocycles. The van der Waals surface area contributed by atoms with Crippen molar-refractivity contribution in [2.24, 2.45) is 0 Å². The van der Waals surface area contributed by atoms with E-state index in [0.717, 1.165) is 152 Å². The highest BCUT2D eigenvalue weighted by molar-refractivity contribution is 9.11. The molecular formula is C68H42Br4N4. The lowest BCUT2D eigenvalue weighted by Crippen LogP contribution is -1.91. The van der Waals surface area contributed by atoms with Gasteiger partial charge < -0.3 is 9.97 Å². The molecule has 362 valence electrons. The van der Waals surface area contributed by atoms with Crippen molar-refractivity contribution in [3.63, 3.8) is 0 Å². The van der Waals surface area contributed by atoms with E-state index in [1.165, 1.54) is 0 Å². The fraction of sp³-hybridized carbons (Fsp3) is 0. The number of nitrogens with one attached hydrogen (secondary N) is 2. The monoisotopic (exact) mass is 1230 g/mol. The largest absolute Gasteiger partial charge is 0.354 e. The van der Waals surface area contributed by atoms with E-state index < -0.39 is 0 Å². The van der Waals surface area contributed by atoms with Crippen LogP contribution in [0.25, 0.3) is 135 Å². The van der Waals surface area contributed by atoms with Gasteiger partial charge in [0.25, 0.3) is 0 Å². The Labute approximate surface area is 474 Å². The third-order valence-electron chi connectivity index (χ3n) is 13.9. The smallest absolute Gasteiger partial charge is 0.0737 e. The van der Waals surface area contributed by atoms with Crippen LogP contribution in [0.5, 0.6) is 0 Å². The van der Waals surface area contributed by atoms with Crippen LogP contribution in [0.2, 0.25) is 0 Å². The zero-order valence-corrected chi connectivity index (χ0v) is 46.8. The summed E-state index contributed by atoms with van der Waals surface area (Å²) in [6, 6.07) is 77.4. The van der Waals surface area contributed by atoms with E-state index in [1.54, 1.807) is 0 Å². The van der Waals surface area contributed by atoms with Gasteiger partial charge in [-0.1, -0.05) is 185 Å². The first-order valence-electron chi connectivity index (χ1n) is 24.9. The minimum absolute atomic E-state index is 0.828. The van der Waals surface area contributed by atoms with Crippen LogP contribution in [0.4, 0.5) is 0 Å². The average molecular weight is 1230 g/mol. The maximum atomic E-state index is 5.68. The zero-order valence-electron chi connectivity index (χ0n) is 40.5. The Bertz CT molecular complexity index is 3770. The summed E-state index contributed by atoms with van der Waals surface area (Å²) < 4.78 is 3.86. The number of benzene rings is 8. The zero-order chi connectivity index (χ0) is 51.3. The molecule has 0 aliphatic carbocycles. The summed E-state index contributed by atoms with van der Waals surface area (Å²) in [5, 5.41) is 0. The molecule has 0 fully saturated rings. The average Bonchev–Trinajstić information content (AvgIpc) is 4.32. The molecule has 0 radical (unpaired) electrons. The number of hydrogen-bond acceptors (Lipinski definition) is 2. The van der Waals surface area contributed by atoms with Crippen molar-refractivity contribution in [3.8, 4) is 89.0 Å². The molecule has 8 bridgehead atoms. The molecule has 8 heteroatoms. The molecule has 0 saturated heterocycles. The predicted molar refractivity (Wildman–Crippen MR) is 333 cm³/mol. The van der Waals surface area contributed by atoms with Crippen LogP contribution in [-0.2, 0) is 0 Å². The van der Waals surface area contributed by atoms with Gasteiger partial charge in [-0.15, -0.1) is 0 Å². The van der Waals surface area contributed by atoms with Crippen LogP contribution in [0.1, 0.15) is 22.8 Å². The number of nitrogens with zero attached hydrogens (tertiary/aromatic N) is 2. The van der Waals surface area contributed by atoms with Crippen molar-refractivity contribution >= 4 is 110 Å². The molecule has 2 aliphatic rings. The fourth-order valence-corrected chi connectivity index (χ4v) is 12.5. The molecule has 0 saturated carbocycles. The normalized spacial score (nSPS) is 11.8. The predicted octanol–water partition coefficient (Wildman–Crippen LogP) is 21.0. The van der Waals surface area contributed by atoms with E-state index in [4.69, 9.17) is 9.97 Å². The second-order valence-corrected chi connectivity index (χ2v) is 22.5. The maximum absolute atomic E-state index is 5.68. The lowest BCUT2D eigenvalue weighted by atomic mass is 9.98. The first-order valence-corrected chi connectivity index (χ1v) is 28.0. The molecule has 4 nitrogen and oxygen atoms in total. The molecule has 11 aromatic rings. The van der Waals surface area contributed by atoms with Gasteiger partial charge in [0, 0.05) is 62.2 Å². The summed E-state index contributed by atoms with van der Waals surface area (Å²) in [4.78, 5) is 19.3. The van der Waals surface area contributed by atoms with Crippen LogP contribution in [-0.4, -0.2) is 19.9 Å². The first-order chi connectivity index (χ1) is 37.2. The molecule has 5 heterocycles. The number of rotatable bonds is 8. The minimum atomic E-state index is 0.828. The van der Waals surface area contributed by atoms with Gasteiger partial charge in [0.15, 0.2) is 0 Å². The van der Waals surface area contributed by atoms with Gasteiger partial charge in [0.2, 0.25) is 0 Å². The van der Waals surface area contributed by atoms with Gasteiger partial charge in [0.05, 0.1) is 22.8 Å². The van der Waals surface area contributed by atoms with Crippen molar-refractivity contribution < 1.29 is 0 Å². The number of halogens is 4. The third-order valence-corrected chi connectivity index (χ3v) is 15.8. The maximum Gasteiger partial charge on any atom is 0.0737 e. The van der Waals surface area contributed by atoms with Crippen molar-refractivity contribution in [2.45, 2.75) is 0 Å².